The number of nitrogens with one attached hydrogen (secondary N) is 1. The topological polar surface area (TPSA) is 169 Å². The Balaban J connectivity index is 1.53. The van der Waals surface area contributed by atoms with Crippen molar-refractivity contribution in [2.75, 3.05) is 12.3 Å². The Morgan fingerprint density at radius 1 is 1.35 bits per heavy atom. The van der Waals surface area contributed by atoms with E-state index in [0.717, 1.165) is 12.8 Å². The maximum Gasteiger partial charge on any atom is 0.251 e. The predicted octanol–water partition coefficient (Wildman–Crippen LogP) is -2.09. The van der Waals surface area contributed by atoms with E-state index in [1.807, 2.05) is 0 Å². The molecule has 6 N–H and O–H groups in total. The fourth-order valence-electron chi connectivity index (χ4n) is 3.05. The van der Waals surface area contributed by atoms with Gasteiger partial charge in [-0.1, -0.05) is 0 Å². The first kappa shape index (κ1) is 17.1. The summed E-state index contributed by atoms with van der Waals surface area (Å²) in [4.78, 5) is 24.1. The van der Waals surface area contributed by atoms with E-state index in [1.165, 1.54) is 17.2 Å². The van der Waals surface area contributed by atoms with Crippen molar-refractivity contribution in [2.24, 2.45) is 5.92 Å². The molecular formula is C15H20N6O5. The standard InChI is InChI=1S/C15H20N6O5/c16-12-7-13(19-4-18-12)21(5-20-7)15-9(23)8(22)11(26-15)10(24)14(25)17-3-6-1-2-6/h4-6,8-11,15,22-24H,1-3H2,(H,17,25)(H2,16,18,19)/t8-,9+,10?,11-,15+/m0/s1. The van der Waals surface area contributed by atoms with Gasteiger partial charge in [-0.15, -0.1) is 0 Å². The molecule has 1 amide bonds. The molecule has 1 unspecified atom stereocenters. The van der Waals surface area contributed by atoms with Crippen molar-refractivity contribution < 1.29 is 24.9 Å². The zero-order chi connectivity index (χ0) is 18.4. The molecule has 2 aliphatic rings. The van der Waals surface area contributed by atoms with E-state index in [-0.39, 0.29) is 5.82 Å². The Labute approximate surface area is 147 Å². The number of aliphatic hydroxyl groups excluding tert-OH is 3. The SMILES string of the molecule is Nc1ncnc2c1ncn2[C@@H]1O[C@H](C(O)C(=O)NCC2CC2)[C@@H](O)[C@H]1O. The number of amides is 1. The van der Waals surface area contributed by atoms with Crippen LogP contribution in [0, 0.1) is 5.92 Å². The van der Waals surface area contributed by atoms with Crippen LogP contribution >= 0.6 is 0 Å². The van der Waals surface area contributed by atoms with Gasteiger partial charge in [0.15, 0.2) is 23.8 Å². The van der Waals surface area contributed by atoms with E-state index >= 15 is 0 Å². The van der Waals surface area contributed by atoms with E-state index in [1.54, 1.807) is 0 Å². The van der Waals surface area contributed by atoms with Gasteiger partial charge in [0.25, 0.3) is 5.91 Å². The molecule has 140 valence electrons. The molecule has 4 rings (SSSR count). The summed E-state index contributed by atoms with van der Waals surface area (Å²) in [5.74, 6) is -0.0324. The highest BCUT2D eigenvalue weighted by atomic mass is 16.6. The molecule has 1 saturated carbocycles. The van der Waals surface area contributed by atoms with Crippen LogP contribution < -0.4 is 11.1 Å². The van der Waals surface area contributed by atoms with Crippen molar-refractivity contribution in [1.29, 1.82) is 0 Å². The predicted molar refractivity (Wildman–Crippen MR) is 87.4 cm³/mol. The van der Waals surface area contributed by atoms with Gasteiger partial charge in [0.1, 0.15) is 30.2 Å². The number of nitrogens with two attached hydrogens (primary N) is 1. The van der Waals surface area contributed by atoms with Gasteiger partial charge in [0.05, 0.1) is 6.33 Å². The molecule has 26 heavy (non-hydrogen) atoms. The molecule has 0 spiro atoms. The second-order valence-corrected chi connectivity index (χ2v) is 6.69. The van der Waals surface area contributed by atoms with E-state index in [2.05, 4.69) is 20.3 Å². The average molecular weight is 364 g/mol. The van der Waals surface area contributed by atoms with E-state index in [4.69, 9.17) is 10.5 Å². The van der Waals surface area contributed by atoms with Gasteiger partial charge in [-0.2, -0.15) is 0 Å². The molecule has 5 atom stereocenters. The highest BCUT2D eigenvalue weighted by Crippen LogP contribution is 2.33. The van der Waals surface area contributed by atoms with Crippen LogP contribution in [0.25, 0.3) is 11.2 Å². The van der Waals surface area contributed by atoms with Gasteiger partial charge in [-0.25, -0.2) is 15.0 Å². The van der Waals surface area contributed by atoms with Crippen LogP contribution in [0.3, 0.4) is 0 Å². The van der Waals surface area contributed by atoms with Crippen LogP contribution in [-0.2, 0) is 9.53 Å². The number of ether oxygens (including phenoxy) is 1. The number of aromatic nitrogens is 4. The lowest BCUT2D eigenvalue weighted by atomic mass is 10.0. The number of carbonyl (C=O) groups is 1. The summed E-state index contributed by atoms with van der Waals surface area (Å²) in [5, 5.41) is 33.5. The third kappa shape index (κ3) is 2.88. The number of nitrogen functional groups attached to an aromatic ring is 1. The fraction of sp³-hybridized carbons (Fsp3) is 0.600. The van der Waals surface area contributed by atoms with Gasteiger partial charge in [-0.3, -0.25) is 9.36 Å². The maximum atomic E-state index is 12.1. The van der Waals surface area contributed by atoms with Crippen LogP contribution in [0.4, 0.5) is 5.82 Å². The number of imidazole rings is 1. The third-order valence-corrected chi connectivity index (χ3v) is 4.78. The van der Waals surface area contributed by atoms with E-state index in [9.17, 15) is 20.1 Å². The summed E-state index contributed by atoms with van der Waals surface area (Å²) in [6.07, 6.45) is -2.14. The van der Waals surface area contributed by atoms with Gasteiger partial charge in [0, 0.05) is 6.54 Å². The van der Waals surface area contributed by atoms with Crippen LogP contribution in [0.15, 0.2) is 12.7 Å². The molecule has 1 aliphatic carbocycles. The van der Waals surface area contributed by atoms with Crippen LogP contribution in [-0.4, -0.2) is 71.7 Å². The first-order valence-corrected chi connectivity index (χ1v) is 8.37. The maximum absolute atomic E-state index is 12.1. The summed E-state index contributed by atoms with van der Waals surface area (Å²) in [7, 11) is 0. The van der Waals surface area contributed by atoms with Crippen molar-refractivity contribution in [3.8, 4) is 0 Å². The lowest BCUT2D eigenvalue weighted by Crippen LogP contribution is -2.47. The van der Waals surface area contributed by atoms with Crippen molar-refractivity contribution in [3.05, 3.63) is 12.7 Å². The second-order valence-electron chi connectivity index (χ2n) is 6.69. The number of fused-ring (bicyclic) bond motifs is 1. The number of hydrogen-bond donors (Lipinski definition) is 5. The normalized spacial score (nSPS) is 29.8. The monoisotopic (exact) mass is 364 g/mol. The lowest BCUT2D eigenvalue weighted by Gasteiger charge is -2.20. The largest absolute Gasteiger partial charge is 0.387 e. The number of carbonyl (C=O) groups excluding carboxylic acids is 1. The second kappa shape index (κ2) is 6.43. The summed E-state index contributed by atoms with van der Waals surface area (Å²) in [5.41, 5.74) is 6.37. The molecular weight excluding hydrogens is 344 g/mol. The Morgan fingerprint density at radius 3 is 2.85 bits per heavy atom. The fourth-order valence-corrected chi connectivity index (χ4v) is 3.05. The Morgan fingerprint density at radius 2 is 2.12 bits per heavy atom. The summed E-state index contributed by atoms with van der Waals surface area (Å²) >= 11 is 0. The molecule has 2 aromatic heterocycles. The smallest absolute Gasteiger partial charge is 0.251 e. The lowest BCUT2D eigenvalue weighted by molar-refractivity contribution is -0.143. The van der Waals surface area contributed by atoms with E-state index < -0.39 is 36.6 Å². The van der Waals surface area contributed by atoms with Crippen molar-refractivity contribution in [2.45, 2.75) is 43.5 Å². The highest BCUT2D eigenvalue weighted by molar-refractivity contribution is 5.82. The molecule has 11 heteroatoms. The molecule has 0 bridgehead atoms. The number of rotatable bonds is 5. The third-order valence-electron chi connectivity index (χ3n) is 4.78. The van der Waals surface area contributed by atoms with Gasteiger partial charge >= 0.3 is 0 Å². The van der Waals surface area contributed by atoms with Crippen LogP contribution in [0.2, 0.25) is 0 Å². The number of nitrogens with zero attached hydrogens (tertiary/aromatic N) is 4. The molecule has 2 fully saturated rings. The minimum Gasteiger partial charge on any atom is -0.387 e. The molecule has 0 radical (unpaired) electrons. The first-order chi connectivity index (χ1) is 12.5. The minimum absolute atomic E-state index is 0.165. The van der Waals surface area contributed by atoms with Crippen molar-refractivity contribution in [3.63, 3.8) is 0 Å². The first-order valence-electron chi connectivity index (χ1n) is 8.37. The van der Waals surface area contributed by atoms with Crippen LogP contribution in [0.5, 0.6) is 0 Å². The molecule has 2 aromatic rings. The average Bonchev–Trinajstić information content (AvgIpc) is 3.29. The number of hydrogen-bond acceptors (Lipinski definition) is 9. The molecule has 1 aliphatic heterocycles. The summed E-state index contributed by atoms with van der Waals surface area (Å²) in [6, 6.07) is 0. The molecule has 3 heterocycles. The zero-order valence-electron chi connectivity index (χ0n) is 13.8. The molecule has 0 aromatic carbocycles. The van der Waals surface area contributed by atoms with Gasteiger partial charge < -0.3 is 31.1 Å². The molecule has 1 saturated heterocycles. The minimum atomic E-state index is -1.61. The quantitative estimate of drug-likeness (QED) is 0.399. The zero-order valence-corrected chi connectivity index (χ0v) is 13.8. The molecule has 11 nitrogen and oxygen atoms in total. The van der Waals surface area contributed by atoms with Gasteiger partial charge in [0.2, 0.25) is 0 Å². The summed E-state index contributed by atoms with van der Waals surface area (Å²) in [6.45, 7) is 0.479. The van der Waals surface area contributed by atoms with Crippen LogP contribution in [0.1, 0.15) is 19.1 Å². The number of aliphatic hydroxyl groups is 3. The Bertz CT molecular complexity index is 824. The highest BCUT2D eigenvalue weighted by Gasteiger charge is 2.49. The Hall–Kier alpha value is -2.34. The summed E-state index contributed by atoms with van der Waals surface area (Å²) < 4.78 is 6.98. The van der Waals surface area contributed by atoms with E-state index in [0.29, 0.717) is 23.6 Å². The van der Waals surface area contributed by atoms with Gasteiger partial charge in [-0.05, 0) is 18.8 Å². The van der Waals surface area contributed by atoms with Crippen molar-refractivity contribution >= 4 is 22.9 Å². The Kier molecular flexibility index (Phi) is 4.23. The van der Waals surface area contributed by atoms with Crippen molar-refractivity contribution in [1.82, 2.24) is 24.8 Å². The number of anilines is 1.